The van der Waals surface area contributed by atoms with Gasteiger partial charge in [-0.15, -0.1) is 11.3 Å². The van der Waals surface area contributed by atoms with E-state index in [-0.39, 0.29) is 6.03 Å². The van der Waals surface area contributed by atoms with Gasteiger partial charge in [0.15, 0.2) is 0 Å². The lowest BCUT2D eigenvalue weighted by molar-refractivity contribution is 0.242. The van der Waals surface area contributed by atoms with Crippen molar-refractivity contribution in [2.75, 3.05) is 7.05 Å². The maximum absolute atomic E-state index is 10.8. The predicted molar refractivity (Wildman–Crippen MR) is 52.8 cm³/mol. The molecule has 0 aromatic carbocycles. The lowest BCUT2D eigenvalue weighted by Gasteiger charge is -1.99. The second-order valence-corrected chi connectivity index (χ2v) is 3.71. The first-order valence-corrected chi connectivity index (χ1v) is 4.97. The van der Waals surface area contributed by atoms with Crippen LogP contribution in [0.2, 0.25) is 0 Å². The lowest BCUT2D eigenvalue weighted by Crippen LogP contribution is -2.31. The Labute approximate surface area is 81.4 Å². The van der Waals surface area contributed by atoms with Crippen LogP contribution in [0, 0.1) is 0 Å². The zero-order chi connectivity index (χ0) is 9.68. The number of nitrogens with zero attached hydrogens (tertiary/aromatic N) is 1. The van der Waals surface area contributed by atoms with Crippen LogP contribution in [0.25, 0.3) is 0 Å². The number of rotatable bonds is 3. The Kier molecular flexibility index (Phi) is 3.70. The van der Waals surface area contributed by atoms with Gasteiger partial charge < -0.3 is 10.6 Å². The molecule has 1 rings (SSSR count). The summed E-state index contributed by atoms with van der Waals surface area (Å²) < 4.78 is 0. The molecule has 1 aromatic heterocycles. The van der Waals surface area contributed by atoms with Crippen LogP contribution in [-0.4, -0.2) is 18.1 Å². The minimum absolute atomic E-state index is 0.173. The zero-order valence-corrected chi connectivity index (χ0v) is 8.57. The Morgan fingerprint density at radius 1 is 1.69 bits per heavy atom. The van der Waals surface area contributed by atoms with Crippen LogP contribution in [0.4, 0.5) is 4.79 Å². The van der Waals surface area contributed by atoms with Crippen molar-refractivity contribution in [1.82, 2.24) is 15.6 Å². The molecule has 4 nitrogen and oxygen atoms in total. The molecule has 0 aliphatic rings. The van der Waals surface area contributed by atoms with E-state index in [9.17, 15) is 4.79 Å². The van der Waals surface area contributed by atoms with Gasteiger partial charge in [0.25, 0.3) is 0 Å². The topological polar surface area (TPSA) is 54.0 Å². The van der Waals surface area contributed by atoms with E-state index in [0.29, 0.717) is 6.54 Å². The molecular formula is C8H13N3OS. The van der Waals surface area contributed by atoms with Crippen molar-refractivity contribution < 1.29 is 4.79 Å². The van der Waals surface area contributed by atoms with Crippen molar-refractivity contribution in [1.29, 1.82) is 0 Å². The highest BCUT2D eigenvalue weighted by molar-refractivity contribution is 7.11. The van der Waals surface area contributed by atoms with Crippen molar-refractivity contribution in [3.05, 3.63) is 16.1 Å². The van der Waals surface area contributed by atoms with Crippen LogP contribution in [-0.2, 0) is 13.0 Å². The molecule has 0 spiro atoms. The fraction of sp³-hybridized carbons (Fsp3) is 0.500. The van der Waals surface area contributed by atoms with Crippen LogP contribution < -0.4 is 10.6 Å². The maximum Gasteiger partial charge on any atom is 0.314 e. The summed E-state index contributed by atoms with van der Waals surface area (Å²) in [6, 6.07) is -0.173. The van der Waals surface area contributed by atoms with Gasteiger partial charge in [-0.25, -0.2) is 9.78 Å². The van der Waals surface area contributed by atoms with Crippen molar-refractivity contribution in [2.45, 2.75) is 19.9 Å². The number of urea groups is 1. The molecule has 0 fully saturated rings. The number of amides is 2. The first-order chi connectivity index (χ1) is 6.26. The van der Waals surface area contributed by atoms with Crippen LogP contribution in [0.5, 0.6) is 0 Å². The first kappa shape index (κ1) is 9.98. The van der Waals surface area contributed by atoms with E-state index in [2.05, 4.69) is 22.5 Å². The summed E-state index contributed by atoms with van der Waals surface area (Å²) in [4.78, 5) is 16.2. The molecule has 2 N–H and O–H groups in total. The second-order valence-electron chi connectivity index (χ2n) is 2.51. The third-order valence-electron chi connectivity index (χ3n) is 1.58. The Morgan fingerprint density at radius 2 is 2.46 bits per heavy atom. The minimum atomic E-state index is -0.173. The molecule has 0 saturated heterocycles. The van der Waals surface area contributed by atoms with Gasteiger partial charge in [-0.1, -0.05) is 6.92 Å². The number of hydrogen-bond donors (Lipinski definition) is 2. The number of nitrogens with one attached hydrogen (secondary N) is 2. The zero-order valence-electron chi connectivity index (χ0n) is 7.76. The molecule has 0 aliphatic heterocycles. The number of carbonyl (C=O) groups is 1. The van der Waals surface area contributed by atoms with Crippen LogP contribution in [0.1, 0.15) is 16.8 Å². The molecule has 0 atom stereocenters. The van der Waals surface area contributed by atoms with Crippen LogP contribution in [0.3, 0.4) is 0 Å². The van der Waals surface area contributed by atoms with Gasteiger partial charge in [0.2, 0.25) is 0 Å². The monoisotopic (exact) mass is 199 g/mol. The van der Waals surface area contributed by atoms with Gasteiger partial charge in [-0.05, 0) is 6.42 Å². The fourth-order valence-corrected chi connectivity index (χ4v) is 1.64. The van der Waals surface area contributed by atoms with Crippen molar-refractivity contribution >= 4 is 17.4 Å². The summed E-state index contributed by atoms with van der Waals surface area (Å²) in [5.74, 6) is 0. The highest BCUT2D eigenvalue weighted by Gasteiger charge is 2.01. The molecule has 5 heteroatoms. The highest BCUT2D eigenvalue weighted by Crippen LogP contribution is 2.12. The van der Waals surface area contributed by atoms with E-state index in [1.165, 1.54) is 4.88 Å². The van der Waals surface area contributed by atoms with Crippen molar-refractivity contribution in [2.24, 2.45) is 0 Å². The van der Waals surface area contributed by atoms with Gasteiger partial charge >= 0.3 is 6.03 Å². The number of aryl methyl sites for hydroxylation is 1. The Bertz CT molecular complexity index is 285. The summed E-state index contributed by atoms with van der Waals surface area (Å²) in [5.41, 5.74) is 0. The number of aromatic nitrogens is 1. The third kappa shape index (κ3) is 3.02. The van der Waals surface area contributed by atoms with Gasteiger partial charge in [0.1, 0.15) is 5.01 Å². The SMILES string of the molecule is CCc1cnc(CNC(=O)NC)s1. The first-order valence-electron chi connectivity index (χ1n) is 4.15. The van der Waals surface area contributed by atoms with Gasteiger partial charge in [-0.2, -0.15) is 0 Å². The minimum Gasteiger partial charge on any atom is -0.341 e. The molecule has 1 aromatic rings. The maximum atomic E-state index is 10.8. The van der Waals surface area contributed by atoms with E-state index in [4.69, 9.17) is 0 Å². The van der Waals surface area contributed by atoms with Crippen LogP contribution in [0.15, 0.2) is 6.20 Å². The normalized spacial score (nSPS) is 9.69. The highest BCUT2D eigenvalue weighted by atomic mass is 32.1. The number of thiazole rings is 1. The third-order valence-corrected chi connectivity index (χ3v) is 2.72. The second kappa shape index (κ2) is 4.81. The van der Waals surface area contributed by atoms with Crippen molar-refractivity contribution in [3.63, 3.8) is 0 Å². The largest absolute Gasteiger partial charge is 0.341 e. The summed E-state index contributed by atoms with van der Waals surface area (Å²) in [7, 11) is 1.59. The molecular weight excluding hydrogens is 186 g/mol. The predicted octanol–water partition coefficient (Wildman–Crippen LogP) is 1.13. The van der Waals surface area contributed by atoms with Gasteiger partial charge in [0.05, 0.1) is 6.54 Å². The fourth-order valence-electron chi connectivity index (χ4n) is 0.837. The Morgan fingerprint density at radius 3 is 3.00 bits per heavy atom. The standard InChI is InChI=1S/C8H13N3OS/c1-3-6-4-10-7(13-6)5-11-8(12)9-2/h4H,3,5H2,1-2H3,(H2,9,11,12). The van der Waals surface area contributed by atoms with Gasteiger partial charge in [0, 0.05) is 18.1 Å². The molecule has 2 amide bonds. The average Bonchev–Trinajstić information content (AvgIpc) is 2.61. The van der Waals surface area contributed by atoms with E-state index in [0.717, 1.165) is 11.4 Å². The number of carbonyl (C=O) groups excluding carboxylic acids is 1. The Balaban J connectivity index is 2.41. The number of hydrogen-bond acceptors (Lipinski definition) is 3. The van der Waals surface area contributed by atoms with Gasteiger partial charge in [-0.3, -0.25) is 0 Å². The molecule has 13 heavy (non-hydrogen) atoms. The summed E-state index contributed by atoms with van der Waals surface area (Å²) in [6.45, 7) is 2.59. The van der Waals surface area contributed by atoms with E-state index < -0.39 is 0 Å². The van der Waals surface area contributed by atoms with Crippen molar-refractivity contribution in [3.8, 4) is 0 Å². The summed E-state index contributed by atoms with van der Waals surface area (Å²) >= 11 is 1.63. The molecule has 0 bridgehead atoms. The summed E-state index contributed by atoms with van der Waals surface area (Å²) in [5, 5.41) is 6.11. The van der Waals surface area contributed by atoms with Crippen LogP contribution >= 0.6 is 11.3 Å². The average molecular weight is 199 g/mol. The van der Waals surface area contributed by atoms with E-state index in [1.54, 1.807) is 18.4 Å². The van der Waals surface area contributed by atoms with E-state index >= 15 is 0 Å². The lowest BCUT2D eigenvalue weighted by atomic mass is 10.4. The van der Waals surface area contributed by atoms with E-state index in [1.807, 2.05) is 6.20 Å². The quantitative estimate of drug-likeness (QED) is 0.767. The molecule has 72 valence electrons. The molecule has 1 heterocycles. The molecule has 0 radical (unpaired) electrons. The smallest absolute Gasteiger partial charge is 0.314 e. The molecule has 0 aliphatic carbocycles. The molecule has 0 saturated carbocycles. The Hall–Kier alpha value is -1.10. The summed E-state index contributed by atoms with van der Waals surface area (Å²) in [6.07, 6.45) is 2.85. The molecule has 0 unspecified atom stereocenters.